The second-order valence-electron chi connectivity index (χ2n) is 4.61. The minimum absolute atomic E-state index is 0.340. The van der Waals surface area contributed by atoms with Crippen molar-refractivity contribution in [2.45, 2.75) is 36.8 Å². The van der Waals surface area contributed by atoms with Crippen LogP contribution in [0.1, 0.15) is 19.8 Å². The summed E-state index contributed by atoms with van der Waals surface area (Å²) in [5, 5.41) is 3.57. The molecule has 2 rings (SSSR count). The highest BCUT2D eigenvalue weighted by Crippen LogP contribution is 2.31. The van der Waals surface area contributed by atoms with Crippen LogP contribution in [-0.2, 0) is 4.74 Å². The quantitative estimate of drug-likeness (QED) is 0.847. The van der Waals surface area contributed by atoms with E-state index in [2.05, 4.69) is 36.7 Å². The second kappa shape index (κ2) is 6.34. The predicted octanol–water partition coefficient (Wildman–Crippen LogP) is 3.40. The maximum atomic E-state index is 5.56. The lowest BCUT2D eigenvalue weighted by Gasteiger charge is -2.29. The summed E-state index contributed by atoms with van der Waals surface area (Å²) in [7, 11) is 1.72. The van der Waals surface area contributed by atoms with Gasteiger partial charge in [0.1, 0.15) is 5.75 Å². The Labute approximate surface area is 113 Å². The molecular weight excluding hydrogens is 246 g/mol. The Morgan fingerprint density at radius 3 is 2.94 bits per heavy atom. The van der Waals surface area contributed by atoms with Crippen LogP contribution in [0.25, 0.3) is 0 Å². The Bertz CT molecular complexity index is 397. The first-order valence-electron chi connectivity index (χ1n) is 6.33. The Kier molecular flexibility index (Phi) is 4.78. The second-order valence-corrected chi connectivity index (χ2v) is 5.49. The summed E-state index contributed by atoms with van der Waals surface area (Å²) in [6.45, 7) is 2.96. The van der Waals surface area contributed by atoms with Gasteiger partial charge in [-0.1, -0.05) is 0 Å². The van der Waals surface area contributed by atoms with Gasteiger partial charge in [0.2, 0.25) is 0 Å². The maximum Gasteiger partial charge on any atom is 0.143 e. The van der Waals surface area contributed by atoms with Crippen LogP contribution in [0.2, 0.25) is 0 Å². The van der Waals surface area contributed by atoms with Crippen molar-refractivity contribution in [3.05, 3.63) is 18.2 Å². The smallest absolute Gasteiger partial charge is 0.143 e. The van der Waals surface area contributed by atoms with Crippen molar-refractivity contribution in [3.8, 4) is 5.75 Å². The van der Waals surface area contributed by atoms with Crippen LogP contribution in [0.15, 0.2) is 23.1 Å². The van der Waals surface area contributed by atoms with Crippen LogP contribution in [-0.4, -0.2) is 32.1 Å². The summed E-state index contributed by atoms with van der Waals surface area (Å²) in [5.41, 5.74) is 1.08. The van der Waals surface area contributed by atoms with Gasteiger partial charge in [0, 0.05) is 17.5 Å². The average molecular weight is 267 g/mol. The van der Waals surface area contributed by atoms with Gasteiger partial charge in [0.25, 0.3) is 0 Å². The van der Waals surface area contributed by atoms with Crippen molar-refractivity contribution in [1.82, 2.24) is 0 Å². The topological polar surface area (TPSA) is 30.5 Å². The van der Waals surface area contributed by atoms with Crippen molar-refractivity contribution in [2.75, 3.05) is 25.3 Å². The van der Waals surface area contributed by atoms with E-state index < -0.39 is 0 Å². The Morgan fingerprint density at radius 1 is 1.44 bits per heavy atom. The van der Waals surface area contributed by atoms with Crippen molar-refractivity contribution < 1.29 is 9.47 Å². The third-order valence-electron chi connectivity index (χ3n) is 3.25. The fourth-order valence-electron chi connectivity index (χ4n) is 2.27. The number of methoxy groups -OCH3 is 1. The van der Waals surface area contributed by atoms with Crippen LogP contribution in [0.4, 0.5) is 5.69 Å². The van der Waals surface area contributed by atoms with Gasteiger partial charge in [-0.2, -0.15) is 0 Å². The summed E-state index contributed by atoms with van der Waals surface area (Å²) in [4.78, 5) is 1.22. The van der Waals surface area contributed by atoms with E-state index in [9.17, 15) is 0 Å². The Balaban J connectivity index is 2.08. The SMILES string of the molecule is COc1cc(SC)ccc1N[C@@H]1CCO[C@H](C)C1. The van der Waals surface area contributed by atoms with Crippen LogP contribution in [0, 0.1) is 0 Å². The number of nitrogens with one attached hydrogen (secondary N) is 1. The molecular formula is C14H21NO2S. The van der Waals surface area contributed by atoms with E-state index in [1.807, 2.05) is 0 Å². The fourth-order valence-corrected chi connectivity index (χ4v) is 2.70. The van der Waals surface area contributed by atoms with Gasteiger partial charge < -0.3 is 14.8 Å². The highest BCUT2D eigenvalue weighted by Gasteiger charge is 2.20. The minimum Gasteiger partial charge on any atom is -0.495 e. The van der Waals surface area contributed by atoms with Crippen molar-refractivity contribution in [2.24, 2.45) is 0 Å². The number of hydrogen-bond acceptors (Lipinski definition) is 4. The van der Waals surface area contributed by atoms with E-state index in [0.717, 1.165) is 30.9 Å². The van der Waals surface area contributed by atoms with Crippen LogP contribution < -0.4 is 10.1 Å². The summed E-state index contributed by atoms with van der Waals surface area (Å²) < 4.78 is 11.0. The number of thioether (sulfide) groups is 1. The zero-order chi connectivity index (χ0) is 13.0. The molecule has 2 atom stereocenters. The molecule has 1 aromatic rings. The molecule has 1 aliphatic heterocycles. The molecule has 0 saturated carbocycles. The molecule has 0 spiro atoms. The summed E-state index contributed by atoms with van der Waals surface area (Å²) in [5.74, 6) is 0.918. The molecule has 3 nitrogen and oxygen atoms in total. The Hall–Kier alpha value is -0.870. The number of rotatable bonds is 4. The molecule has 1 fully saturated rings. The first kappa shape index (κ1) is 13.6. The van der Waals surface area contributed by atoms with E-state index >= 15 is 0 Å². The lowest BCUT2D eigenvalue weighted by molar-refractivity contribution is 0.0232. The molecule has 0 aromatic heterocycles. The normalized spacial score (nSPS) is 23.7. The molecule has 0 amide bonds. The van der Waals surface area contributed by atoms with Gasteiger partial charge in [-0.25, -0.2) is 0 Å². The molecule has 18 heavy (non-hydrogen) atoms. The van der Waals surface area contributed by atoms with Gasteiger partial charge in [0.05, 0.1) is 18.9 Å². The number of anilines is 1. The lowest BCUT2D eigenvalue weighted by atomic mass is 10.0. The summed E-state index contributed by atoms with van der Waals surface area (Å²) >= 11 is 1.73. The predicted molar refractivity (Wildman–Crippen MR) is 76.8 cm³/mol. The van der Waals surface area contributed by atoms with Crippen LogP contribution in [0.5, 0.6) is 5.75 Å². The zero-order valence-corrected chi connectivity index (χ0v) is 12.0. The monoisotopic (exact) mass is 267 g/mol. The fraction of sp³-hybridized carbons (Fsp3) is 0.571. The third-order valence-corrected chi connectivity index (χ3v) is 3.98. The van der Waals surface area contributed by atoms with Gasteiger partial charge >= 0.3 is 0 Å². The highest BCUT2D eigenvalue weighted by molar-refractivity contribution is 7.98. The molecule has 0 aliphatic carbocycles. The van der Waals surface area contributed by atoms with Crippen molar-refractivity contribution in [3.63, 3.8) is 0 Å². The van der Waals surface area contributed by atoms with Crippen LogP contribution in [0.3, 0.4) is 0 Å². The van der Waals surface area contributed by atoms with Gasteiger partial charge in [-0.3, -0.25) is 0 Å². The van der Waals surface area contributed by atoms with Gasteiger partial charge in [-0.15, -0.1) is 11.8 Å². The molecule has 1 aliphatic rings. The van der Waals surface area contributed by atoms with Gasteiger partial charge in [-0.05, 0) is 44.2 Å². The van der Waals surface area contributed by atoms with Crippen molar-refractivity contribution in [1.29, 1.82) is 0 Å². The molecule has 1 saturated heterocycles. The highest BCUT2D eigenvalue weighted by atomic mass is 32.2. The first-order valence-corrected chi connectivity index (χ1v) is 7.55. The molecule has 0 radical (unpaired) electrons. The lowest BCUT2D eigenvalue weighted by Crippen LogP contribution is -2.32. The van der Waals surface area contributed by atoms with E-state index in [-0.39, 0.29) is 0 Å². The number of hydrogen-bond donors (Lipinski definition) is 1. The average Bonchev–Trinajstić information content (AvgIpc) is 2.39. The summed E-state index contributed by atoms with van der Waals surface area (Å²) in [6.07, 6.45) is 4.51. The number of ether oxygens (including phenoxy) is 2. The molecule has 0 unspecified atom stereocenters. The van der Waals surface area contributed by atoms with E-state index in [1.54, 1.807) is 18.9 Å². The molecule has 1 heterocycles. The standard InChI is InChI=1S/C14H21NO2S/c1-10-8-11(6-7-17-10)15-13-5-4-12(18-3)9-14(13)16-2/h4-5,9-11,15H,6-8H2,1-3H3/t10-,11-/m1/s1. The third kappa shape index (κ3) is 3.33. The summed E-state index contributed by atoms with van der Waals surface area (Å²) in [6, 6.07) is 6.78. The van der Waals surface area contributed by atoms with Crippen molar-refractivity contribution >= 4 is 17.4 Å². The molecule has 100 valence electrons. The van der Waals surface area contributed by atoms with E-state index in [4.69, 9.17) is 9.47 Å². The van der Waals surface area contributed by atoms with E-state index in [0.29, 0.717) is 12.1 Å². The zero-order valence-electron chi connectivity index (χ0n) is 11.2. The minimum atomic E-state index is 0.340. The Morgan fingerprint density at radius 2 is 2.28 bits per heavy atom. The first-order chi connectivity index (χ1) is 8.72. The molecule has 1 N–H and O–H groups in total. The number of benzene rings is 1. The maximum absolute atomic E-state index is 5.56. The van der Waals surface area contributed by atoms with Gasteiger partial charge in [0.15, 0.2) is 0 Å². The molecule has 1 aromatic carbocycles. The molecule has 0 bridgehead atoms. The molecule has 4 heteroatoms. The largest absolute Gasteiger partial charge is 0.495 e. The van der Waals surface area contributed by atoms with E-state index in [1.165, 1.54) is 4.90 Å². The van der Waals surface area contributed by atoms with Crippen LogP contribution >= 0.6 is 11.8 Å².